The average molecular weight is 655 g/mol. The summed E-state index contributed by atoms with van der Waals surface area (Å²) < 4.78 is 39.1. The fourth-order valence-corrected chi connectivity index (χ4v) is 5.78. The number of carbonyl (C=O) groups is 3. The van der Waals surface area contributed by atoms with Gasteiger partial charge in [-0.1, -0.05) is 11.6 Å². The van der Waals surface area contributed by atoms with Gasteiger partial charge in [-0.15, -0.1) is 0 Å². The molecule has 0 saturated carbocycles. The Kier molecular flexibility index (Phi) is 8.94. The second-order valence-corrected chi connectivity index (χ2v) is 11.4. The number of alkyl halides is 2. The quantitative estimate of drug-likeness (QED) is 0.255. The zero-order valence-electron chi connectivity index (χ0n) is 24.6. The summed E-state index contributed by atoms with van der Waals surface area (Å²) in [6.07, 6.45) is 8.96. The summed E-state index contributed by atoms with van der Waals surface area (Å²) in [5.74, 6) is -1.31. The molecule has 0 bridgehead atoms. The van der Waals surface area contributed by atoms with Crippen molar-refractivity contribution in [1.82, 2.24) is 34.2 Å². The first-order valence-corrected chi connectivity index (χ1v) is 14.8. The molecule has 5 heterocycles. The van der Waals surface area contributed by atoms with E-state index < -0.39 is 12.5 Å². The lowest BCUT2D eigenvalue weighted by molar-refractivity contribution is -0.135. The van der Waals surface area contributed by atoms with Gasteiger partial charge in [0.1, 0.15) is 30.2 Å². The van der Waals surface area contributed by atoms with E-state index in [0.29, 0.717) is 31.9 Å². The number of rotatable bonds is 10. The minimum absolute atomic E-state index is 0.0766. The minimum Gasteiger partial charge on any atom is -0.458 e. The Hall–Kier alpha value is -4.89. The smallest absolute Gasteiger partial charge is 0.387 e. The molecule has 1 fully saturated rings. The number of esters is 1. The molecule has 2 aliphatic rings. The van der Waals surface area contributed by atoms with Gasteiger partial charge in [-0.05, 0) is 49.7 Å². The van der Waals surface area contributed by atoms with Crippen LogP contribution in [0, 0.1) is 0 Å². The number of halogens is 3. The van der Waals surface area contributed by atoms with Gasteiger partial charge in [0.25, 0.3) is 5.91 Å². The molecule has 16 heteroatoms. The van der Waals surface area contributed by atoms with Crippen molar-refractivity contribution in [3.05, 3.63) is 71.3 Å². The van der Waals surface area contributed by atoms with Crippen LogP contribution in [0.15, 0.2) is 60.7 Å². The second kappa shape index (κ2) is 13.2. The number of amides is 2. The Balaban J connectivity index is 1.21. The topological polar surface area (TPSA) is 136 Å². The van der Waals surface area contributed by atoms with E-state index in [1.807, 2.05) is 7.05 Å². The molecule has 1 N–H and O–H groups in total. The fourth-order valence-electron chi connectivity index (χ4n) is 5.60. The lowest BCUT2D eigenvalue weighted by Gasteiger charge is -2.36. The highest BCUT2D eigenvalue weighted by Gasteiger charge is 2.28. The van der Waals surface area contributed by atoms with Crippen molar-refractivity contribution in [1.29, 1.82) is 0 Å². The number of cyclic esters (lactones) is 1. The summed E-state index contributed by atoms with van der Waals surface area (Å²) in [5, 5.41) is 11.6. The predicted octanol–water partition coefficient (Wildman–Crippen LogP) is 3.51. The third-order valence-electron chi connectivity index (χ3n) is 7.86. The second-order valence-electron chi connectivity index (χ2n) is 10.9. The largest absolute Gasteiger partial charge is 0.458 e. The SMILES string of the molecule is CN(CC1=CC(=O)OC1)C1CCN(C(=O)Cn2cc(NC(=O)c3cnn4cccnc34)c(-c3cc(Cl)ccc3OC(F)F)n2)CC1. The molecule has 6 rings (SSSR count). The molecular weight excluding hydrogens is 626 g/mol. The molecule has 13 nitrogen and oxygen atoms in total. The van der Waals surface area contributed by atoms with Crippen LogP contribution in [-0.4, -0.2) is 97.9 Å². The number of hydrogen-bond acceptors (Lipinski definition) is 9. The summed E-state index contributed by atoms with van der Waals surface area (Å²) in [5.41, 5.74) is 1.71. The molecule has 0 atom stereocenters. The van der Waals surface area contributed by atoms with Gasteiger partial charge in [-0.25, -0.2) is 14.3 Å². The highest BCUT2D eigenvalue weighted by molar-refractivity contribution is 6.31. The maximum Gasteiger partial charge on any atom is 0.387 e. The fraction of sp³-hybridized carbons (Fsp3) is 0.333. The first kappa shape index (κ1) is 31.1. The third kappa shape index (κ3) is 6.84. The number of ether oxygens (including phenoxy) is 2. The van der Waals surface area contributed by atoms with E-state index in [9.17, 15) is 23.2 Å². The van der Waals surface area contributed by atoms with Gasteiger partial charge < -0.3 is 19.7 Å². The number of carbonyl (C=O) groups excluding carboxylic acids is 3. The van der Waals surface area contributed by atoms with Crippen molar-refractivity contribution in [2.24, 2.45) is 0 Å². The number of hydrogen-bond donors (Lipinski definition) is 1. The van der Waals surface area contributed by atoms with E-state index in [-0.39, 0.29) is 57.7 Å². The lowest BCUT2D eigenvalue weighted by Crippen LogP contribution is -2.46. The number of aromatic nitrogens is 5. The monoisotopic (exact) mass is 654 g/mol. The molecule has 3 aromatic heterocycles. The zero-order chi connectivity index (χ0) is 32.4. The van der Waals surface area contributed by atoms with Gasteiger partial charge >= 0.3 is 12.6 Å². The summed E-state index contributed by atoms with van der Waals surface area (Å²) in [7, 11) is 1.98. The van der Waals surface area contributed by atoms with E-state index in [0.717, 1.165) is 18.4 Å². The molecule has 1 saturated heterocycles. The molecule has 0 spiro atoms. The zero-order valence-corrected chi connectivity index (χ0v) is 25.4. The number of nitrogens with zero attached hydrogens (tertiary/aromatic N) is 7. The predicted molar refractivity (Wildman–Crippen MR) is 162 cm³/mol. The van der Waals surface area contributed by atoms with Gasteiger partial charge in [0, 0.05) is 60.9 Å². The Labute approximate surface area is 266 Å². The Morgan fingerprint density at radius 2 is 2.07 bits per heavy atom. The molecular formula is C30H29ClF2N8O5. The van der Waals surface area contributed by atoms with E-state index in [4.69, 9.17) is 21.1 Å². The highest BCUT2D eigenvalue weighted by atomic mass is 35.5. The molecule has 2 aliphatic heterocycles. The molecule has 240 valence electrons. The summed E-state index contributed by atoms with van der Waals surface area (Å²) >= 11 is 6.22. The standard InChI is InChI=1S/C30H29ClF2N8O5/c1-38(14-18-11-26(43)45-17-18)20-5-9-39(10-6-20)25(42)16-40-15-23(36-29(44)22-13-35-41-8-2-7-34-28(22)41)27(37-40)21-12-19(31)3-4-24(21)46-30(32)33/h2-4,7-8,11-13,15,20,30H,5-6,9-10,14,16-17H2,1H3,(H,36,44). The Morgan fingerprint density at radius 3 is 2.80 bits per heavy atom. The molecule has 0 unspecified atom stereocenters. The van der Waals surface area contributed by atoms with Gasteiger partial charge in [0.2, 0.25) is 5.91 Å². The normalized spacial score (nSPS) is 15.5. The highest BCUT2D eigenvalue weighted by Crippen LogP contribution is 2.37. The van der Waals surface area contributed by atoms with E-state index in [2.05, 4.69) is 25.4 Å². The molecule has 1 aromatic carbocycles. The number of piperidine rings is 1. The molecule has 2 amide bonds. The van der Waals surface area contributed by atoms with Gasteiger partial charge in [-0.2, -0.15) is 19.0 Å². The molecule has 4 aromatic rings. The minimum atomic E-state index is -3.13. The van der Waals surface area contributed by atoms with Crippen molar-refractivity contribution in [2.75, 3.05) is 38.6 Å². The van der Waals surface area contributed by atoms with Crippen LogP contribution in [0.1, 0.15) is 23.2 Å². The summed E-state index contributed by atoms with van der Waals surface area (Å²) in [6.45, 7) is -1.35. The van der Waals surface area contributed by atoms with Crippen LogP contribution in [-0.2, 0) is 20.9 Å². The van der Waals surface area contributed by atoms with Crippen molar-refractivity contribution in [3.63, 3.8) is 0 Å². The van der Waals surface area contributed by atoms with Crippen LogP contribution in [0.4, 0.5) is 14.5 Å². The number of likely N-dealkylation sites (N-methyl/N-ethyl adjacent to an activating group) is 1. The summed E-state index contributed by atoms with van der Waals surface area (Å²) in [4.78, 5) is 46.2. The Bertz CT molecular complexity index is 1820. The Morgan fingerprint density at radius 1 is 1.26 bits per heavy atom. The maximum absolute atomic E-state index is 13.4. The molecule has 0 aliphatic carbocycles. The van der Waals surface area contributed by atoms with Crippen LogP contribution in [0.5, 0.6) is 5.75 Å². The number of nitrogens with one attached hydrogen (secondary N) is 1. The number of fused-ring (bicyclic) bond motifs is 1. The maximum atomic E-state index is 13.4. The number of benzene rings is 1. The van der Waals surface area contributed by atoms with Crippen LogP contribution < -0.4 is 10.1 Å². The summed E-state index contributed by atoms with van der Waals surface area (Å²) in [6, 6.07) is 5.96. The number of anilines is 1. The van der Waals surface area contributed by atoms with E-state index >= 15 is 0 Å². The van der Waals surface area contributed by atoms with Crippen molar-refractivity contribution in [2.45, 2.75) is 32.0 Å². The van der Waals surface area contributed by atoms with Crippen molar-refractivity contribution in [3.8, 4) is 17.0 Å². The van der Waals surface area contributed by atoms with Crippen LogP contribution in [0.3, 0.4) is 0 Å². The first-order chi connectivity index (χ1) is 22.1. The lowest BCUT2D eigenvalue weighted by atomic mass is 10.0. The number of likely N-dealkylation sites (tertiary alicyclic amines) is 1. The van der Waals surface area contributed by atoms with Gasteiger partial charge in [-0.3, -0.25) is 19.2 Å². The van der Waals surface area contributed by atoms with E-state index in [1.54, 1.807) is 17.2 Å². The first-order valence-electron chi connectivity index (χ1n) is 14.4. The van der Waals surface area contributed by atoms with Gasteiger partial charge in [0.05, 0.1) is 11.9 Å². The molecule has 0 radical (unpaired) electrons. The van der Waals surface area contributed by atoms with Crippen LogP contribution in [0.25, 0.3) is 16.9 Å². The van der Waals surface area contributed by atoms with Crippen LogP contribution in [0.2, 0.25) is 5.02 Å². The van der Waals surface area contributed by atoms with E-state index in [1.165, 1.54) is 52.1 Å². The van der Waals surface area contributed by atoms with Crippen molar-refractivity contribution >= 4 is 40.7 Å². The molecule has 46 heavy (non-hydrogen) atoms. The van der Waals surface area contributed by atoms with Crippen molar-refractivity contribution < 1.29 is 32.6 Å². The third-order valence-corrected chi connectivity index (χ3v) is 8.09. The van der Waals surface area contributed by atoms with Gasteiger partial charge in [0.15, 0.2) is 5.65 Å². The average Bonchev–Trinajstić information content (AvgIpc) is 3.76. The van der Waals surface area contributed by atoms with Crippen LogP contribution >= 0.6 is 11.6 Å².